The number of carbonyl (C=O) groups excluding carboxylic acids is 3. The topological polar surface area (TPSA) is 69.7 Å². The van der Waals surface area contributed by atoms with Gasteiger partial charge < -0.3 is 9.47 Å². The molecule has 0 heterocycles. The lowest BCUT2D eigenvalue weighted by atomic mass is 9.76. The molecule has 1 saturated carbocycles. The third-order valence-corrected chi connectivity index (χ3v) is 6.65. The van der Waals surface area contributed by atoms with Crippen molar-refractivity contribution in [3.8, 4) is 0 Å². The van der Waals surface area contributed by atoms with Crippen molar-refractivity contribution >= 4 is 29.5 Å². The predicted octanol–water partition coefficient (Wildman–Crippen LogP) is 5.33. The van der Waals surface area contributed by atoms with Crippen LogP contribution in [0.5, 0.6) is 0 Å². The molecule has 0 radical (unpaired) electrons. The van der Waals surface area contributed by atoms with Gasteiger partial charge in [-0.25, -0.2) is 0 Å². The van der Waals surface area contributed by atoms with Gasteiger partial charge in [0.1, 0.15) is 0 Å². The van der Waals surface area contributed by atoms with E-state index in [0.717, 1.165) is 35.5 Å². The molecule has 164 valence electrons. The Morgan fingerprint density at radius 1 is 1.13 bits per heavy atom. The van der Waals surface area contributed by atoms with Gasteiger partial charge in [-0.15, -0.1) is 0 Å². The minimum atomic E-state index is -1.91. The van der Waals surface area contributed by atoms with E-state index in [1.165, 1.54) is 25.3 Å². The summed E-state index contributed by atoms with van der Waals surface area (Å²) in [6.07, 6.45) is 7.98. The van der Waals surface area contributed by atoms with Crippen LogP contribution >= 0.6 is 11.8 Å². The molecule has 2 rings (SSSR count). The number of hydrogen-bond donors (Lipinski definition) is 0. The number of methoxy groups -OCH3 is 1. The standard InChI is InChI=1S/C24H32O5S/c1-4-6-7-8-12-15-20(30-18-13-10-9-11-14-18)19-16-17-21(25)24(19,22(26)28-3)23(27)29-5-2/h9-11,13-15,19H,4-8,12,16-17H2,1-3H3/b20-15+. The maximum atomic E-state index is 13.0. The summed E-state index contributed by atoms with van der Waals surface area (Å²) in [5.74, 6) is -2.61. The molecule has 0 amide bonds. The molecule has 0 bridgehead atoms. The first-order chi connectivity index (χ1) is 14.5. The first-order valence-corrected chi connectivity index (χ1v) is 11.6. The Labute approximate surface area is 183 Å². The number of rotatable bonds is 11. The van der Waals surface area contributed by atoms with E-state index in [1.807, 2.05) is 30.3 Å². The molecule has 0 spiro atoms. The Hall–Kier alpha value is -2.08. The Balaban J connectivity index is 2.44. The van der Waals surface area contributed by atoms with Crippen molar-refractivity contribution in [2.24, 2.45) is 11.3 Å². The van der Waals surface area contributed by atoms with Crippen LogP contribution in [0.1, 0.15) is 58.8 Å². The molecule has 1 aliphatic carbocycles. The van der Waals surface area contributed by atoms with Gasteiger partial charge in [-0.2, -0.15) is 0 Å². The van der Waals surface area contributed by atoms with Crippen LogP contribution in [0, 0.1) is 11.3 Å². The number of ether oxygens (including phenoxy) is 2. The number of thioether (sulfide) groups is 1. The second-order valence-electron chi connectivity index (χ2n) is 7.41. The highest BCUT2D eigenvalue weighted by molar-refractivity contribution is 8.03. The largest absolute Gasteiger partial charge is 0.468 e. The van der Waals surface area contributed by atoms with Crippen LogP contribution in [0.4, 0.5) is 0 Å². The number of esters is 2. The average molecular weight is 433 g/mol. The summed E-state index contributed by atoms with van der Waals surface area (Å²) in [6.45, 7) is 3.93. The molecule has 0 aromatic heterocycles. The van der Waals surface area contributed by atoms with Crippen molar-refractivity contribution < 1.29 is 23.9 Å². The van der Waals surface area contributed by atoms with E-state index < -0.39 is 29.1 Å². The molecular weight excluding hydrogens is 400 g/mol. The fourth-order valence-corrected chi connectivity index (χ4v) is 5.14. The lowest BCUT2D eigenvalue weighted by Crippen LogP contribution is -2.49. The number of Topliss-reactive ketones (excluding diaryl/α,β-unsaturated/α-hetero) is 1. The van der Waals surface area contributed by atoms with E-state index >= 15 is 0 Å². The fourth-order valence-electron chi connectivity index (χ4n) is 3.94. The zero-order valence-corrected chi connectivity index (χ0v) is 19.0. The number of benzene rings is 1. The van der Waals surface area contributed by atoms with E-state index in [2.05, 4.69) is 13.0 Å². The highest BCUT2D eigenvalue weighted by Crippen LogP contribution is 2.51. The van der Waals surface area contributed by atoms with Gasteiger partial charge in [0, 0.05) is 17.2 Å². The fraction of sp³-hybridized carbons (Fsp3) is 0.542. The molecule has 0 N–H and O–H groups in total. The molecule has 6 heteroatoms. The van der Waals surface area contributed by atoms with Gasteiger partial charge in [-0.05, 0) is 43.2 Å². The molecule has 2 unspecified atom stereocenters. The van der Waals surface area contributed by atoms with Crippen molar-refractivity contribution in [1.82, 2.24) is 0 Å². The molecule has 30 heavy (non-hydrogen) atoms. The zero-order chi connectivity index (χ0) is 22.0. The Morgan fingerprint density at radius 2 is 1.87 bits per heavy atom. The average Bonchev–Trinajstić information content (AvgIpc) is 3.10. The summed E-state index contributed by atoms with van der Waals surface area (Å²) in [6, 6.07) is 9.79. The van der Waals surface area contributed by atoms with E-state index in [9.17, 15) is 14.4 Å². The van der Waals surface area contributed by atoms with Gasteiger partial charge in [0.15, 0.2) is 5.78 Å². The summed E-state index contributed by atoms with van der Waals surface area (Å²) in [5.41, 5.74) is -1.91. The van der Waals surface area contributed by atoms with Gasteiger partial charge in [0.2, 0.25) is 5.41 Å². The van der Waals surface area contributed by atoms with Crippen LogP contribution in [-0.2, 0) is 23.9 Å². The third-order valence-electron chi connectivity index (χ3n) is 5.45. The maximum absolute atomic E-state index is 13.0. The lowest BCUT2D eigenvalue weighted by Gasteiger charge is -2.30. The summed E-state index contributed by atoms with van der Waals surface area (Å²) < 4.78 is 10.2. The third kappa shape index (κ3) is 5.34. The highest BCUT2D eigenvalue weighted by Gasteiger charge is 2.64. The predicted molar refractivity (Wildman–Crippen MR) is 118 cm³/mol. The monoisotopic (exact) mass is 432 g/mol. The molecule has 1 aliphatic rings. The van der Waals surface area contributed by atoms with E-state index in [1.54, 1.807) is 6.92 Å². The summed E-state index contributed by atoms with van der Waals surface area (Å²) in [5, 5.41) is 0. The molecule has 1 aromatic rings. The number of hydrogen-bond acceptors (Lipinski definition) is 6. The van der Waals surface area contributed by atoms with Gasteiger partial charge in [-0.3, -0.25) is 14.4 Å². The van der Waals surface area contributed by atoms with Crippen LogP contribution in [0.25, 0.3) is 0 Å². The first-order valence-electron chi connectivity index (χ1n) is 10.7. The minimum absolute atomic E-state index is 0.0967. The van der Waals surface area contributed by atoms with E-state index in [4.69, 9.17) is 9.47 Å². The number of allylic oxidation sites excluding steroid dienone is 2. The van der Waals surface area contributed by atoms with Crippen molar-refractivity contribution in [2.75, 3.05) is 13.7 Å². The minimum Gasteiger partial charge on any atom is -0.468 e. The normalized spacial score (nSPS) is 21.5. The van der Waals surface area contributed by atoms with Crippen molar-refractivity contribution in [3.63, 3.8) is 0 Å². The zero-order valence-electron chi connectivity index (χ0n) is 18.1. The van der Waals surface area contributed by atoms with Crippen LogP contribution in [0.15, 0.2) is 46.2 Å². The Bertz CT molecular complexity index is 758. The SMILES string of the molecule is CCCCCC/C=C(/Sc1ccccc1)C1CCC(=O)C1(C(=O)OC)C(=O)OCC. The van der Waals surface area contributed by atoms with Gasteiger partial charge in [0.25, 0.3) is 0 Å². The van der Waals surface area contributed by atoms with Crippen molar-refractivity contribution in [2.45, 2.75) is 63.7 Å². The summed E-state index contributed by atoms with van der Waals surface area (Å²) in [4.78, 5) is 40.7. The number of unbranched alkanes of at least 4 members (excludes halogenated alkanes) is 4. The van der Waals surface area contributed by atoms with E-state index in [0.29, 0.717) is 6.42 Å². The molecule has 0 aliphatic heterocycles. The molecular formula is C24H32O5S. The van der Waals surface area contributed by atoms with Crippen LogP contribution in [0.3, 0.4) is 0 Å². The van der Waals surface area contributed by atoms with Crippen molar-refractivity contribution in [1.29, 1.82) is 0 Å². The number of ketones is 1. The van der Waals surface area contributed by atoms with Gasteiger partial charge >= 0.3 is 11.9 Å². The van der Waals surface area contributed by atoms with Crippen LogP contribution in [-0.4, -0.2) is 31.4 Å². The second kappa shape index (κ2) is 11.9. The molecule has 1 aromatic carbocycles. The molecule has 0 saturated heterocycles. The molecule has 2 atom stereocenters. The van der Waals surface area contributed by atoms with Gasteiger partial charge in [0.05, 0.1) is 13.7 Å². The Morgan fingerprint density at radius 3 is 2.50 bits per heavy atom. The maximum Gasteiger partial charge on any atom is 0.331 e. The first kappa shape index (κ1) is 24.2. The van der Waals surface area contributed by atoms with E-state index in [-0.39, 0.29) is 13.0 Å². The van der Waals surface area contributed by atoms with Crippen molar-refractivity contribution in [3.05, 3.63) is 41.3 Å². The molecule has 5 nitrogen and oxygen atoms in total. The smallest absolute Gasteiger partial charge is 0.331 e. The quantitative estimate of drug-likeness (QED) is 0.204. The second-order valence-corrected chi connectivity index (χ2v) is 8.55. The lowest BCUT2D eigenvalue weighted by molar-refractivity contribution is -0.174. The summed E-state index contributed by atoms with van der Waals surface area (Å²) >= 11 is 1.51. The van der Waals surface area contributed by atoms with Crippen LogP contribution < -0.4 is 0 Å². The number of carbonyl (C=O) groups is 3. The summed E-state index contributed by atoms with van der Waals surface area (Å²) in [7, 11) is 1.21. The Kier molecular flexibility index (Phi) is 9.63. The highest BCUT2D eigenvalue weighted by atomic mass is 32.2. The molecule has 1 fully saturated rings. The van der Waals surface area contributed by atoms with Gasteiger partial charge in [-0.1, -0.05) is 62.2 Å². The van der Waals surface area contributed by atoms with Crippen LogP contribution in [0.2, 0.25) is 0 Å².